The highest BCUT2D eigenvalue weighted by Crippen LogP contribution is 2.42. The van der Waals surface area contributed by atoms with Gasteiger partial charge in [0.1, 0.15) is 0 Å². The predicted octanol–water partition coefficient (Wildman–Crippen LogP) is 3.08. The standard InChI is InChI=1S/C12H26O3Si/c1-10(2)11-7-6-8-12(9-11)16(13-3,14-4)15-5/h10-12H,6-9H2,1-5H3. The second kappa shape index (κ2) is 6.14. The highest BCUT2D eigenvalue weighted by atomic mass is 28.4. The van der Waals surface area contributed by atoms with Gasteiger partial charge in [0.05, 0.1) is 0 Å². The lowest BCUT2D eigenvalue weighted by molar-refractivity contribution is 0.0955. The maximum atomic E-state index is 5.60. The van der Waals surface area contributed by atoms with E-state index in [0.717, 1.165) is 11.8 Å². The summed E-state index contributed by atoms with van der Waals surface area (Å²) in [5.74, 6) is 1.55. The zero-order valence-corrected chi connectivity index (χ0v) is 12.3. The van der Waals surface area contributed by atoms with Crippen LogP contribution in [0.4, 0.5) is 0 Å². The SMILES string of the molecule is CO[Si](OC)(OC)C1CCCC(C(C)C)C1. The quantitative estimate of drug-likeness (QED) is 0.698. The minimum absolute atomic E-state index is 0.480. The molecule has 0 aromatic heterocycles. The van der Waals surface area contributed by atoms with Crippen molar-refractivity contribution in [3.63, 3.8) is 0 Å². The Morgan fingerprint density at radius 2 is 1.56 bits per heavy atom. The Hall–Kier alpha value is 0.0969. The summed E-state index contributed by atoms with van der Waals surface area (Å²) in [5.41, 5.74) is 0.480. The van der Waals surface area contributed by atoms with Crippen molar-refractivity contribution in [3.8, 4) is 0 Å². The molecule has 16 heavy (non-hydrogen) atoms. The smallest absolute Gasteiger partial charge is 0.377 e. The van der Waals surface area contributed by atoms with E-state index < -0.39 is 8.80 Å². The molecule has 1 saturated carbocycles. The molecule has 0 heterocycles. The van der Waals surface area contributed by atoms with Crippen LogP contribution < -0.4 is 0 Å². The predicted molar refractivity (Wildman–Crippen MR) is 67.3 cm³/mol. The fraction of sp³-hybridized carbons (Fsp3) is 1.00. The van der Waals surface area contributed by atoms with Crippen molar-refractivity contribution in [3.05, 3.63) is 0 Å². The average molecular weight is 246 g/mol. The first-order valence-electron chi connectivity index (χ1n) is 6.25. The van der Waals surface area contributed by atoms with Crippen LogP contribution in [0.2, 0.25) is 5.54 Å². The van der Waals surface area contributed by atoms with Gasteiger partial charge < -0.3 is 13.3 Å². The Morgan fingerprint density at radius 3 is 2.00 bits per heavy atom. The Morgan fingerprint density at radius 1 is 1.00 bits per heavy atom. The Bertz CT molecular complexity index is 196. The third-order valence-corrected chi connectivity index (χ3v) is 7.24. The molecule has 2 unspecified atom stereocenters. The van der Waals surface area contributed by atoms with Gasteiger partial charge in [-0.05, 0) is 24.7 Å². The molecule has 0 N–H and O–H groups in total. The molecule has 0 bridgehead atoms. The summed E-state index contributed by atoms with van der Waals surface area (Å²) in [6, 6.07) is 0. The molecule has 0 radical (unpaired) electrons. The van der Waals surface area contributed by atoms with E-state index in [1.807, 2.05) is 0 Å². The molecular weight excluding hydrogens is 220 g/mol. The van der Waals surface area contributed by atoms with Crippen molar-refractivity contribution in [1.29, 1.82) is 0 Å². The first kappa shape index (κ1) is 14.2. The molecule has 0 aromatic rings. The van der Waals surface area contributed by atoms with Crippen molar-refractivity contribution >= 4 is 8.80 Å². The summed E-state index contributed by atoms with van der Waals surface area (Å²) in [4.78, 5) is 0. The van der Waals surface area contributed by atoms with Crippen LogP contribution in [0.25, 0.3) is 0 Å². The molecule has 3 nitrogen and oxygen atoms in total. The monoisotopic (exact) mass is 246 g/mol. The summed E-state index contributed by atoms with van der Waals surface area (Å²) in [6.45, 7) is 4.62. The molecule has 0 aromatic carbocycles. The van der Waals surface area contributed by atoms with E-state index in [1.165, 1.54) is 25.7 Å². The van der Waals surface area contributed by atoms with Gasteiger partial charge in [-0.15, -0.1) is 0 Å². The normalized spacial score (nSPS) is 27.4. The maximum absolute atomic E-state index is 5.60. The van der Waals surface area contributed by atoms with Crippen molar-refractivity contribution in [2.75, 3.05) is 21.3 Å². The summed E-state index contributed by atoms with van der Waals surface area (Å²) < 4.78 is 16.8. The lowest BCUT2D eigenvalue weighted by Crippen LogP contribution is -2.49. The molecule has 0 aliphatic heterocycles. The molecule has 1 aliphatic carbocycles. The van der Waals surface area contributed by atoms with E-state index in [-0.39, 0.29) is 0 Å². The fourth-order valence-electron chi connectivity index (χ4n) is 2.90. The highest BCUT2D eigenvalue weighted by Gasteiger charge is 2.48. The van der Waals surface area contributed by atoms with Crippen LogP contribution in [0.1, 0.15) is 39.5 Å². The lowest BCUT2D eigenvalue weighted by Gasteiger charge is -2.38. The van der Waals surface area contributed by atoms with Gasteiger partial charge in [-0.3, -0.25) is 0 Å². The third-order valence-electron chi connectivity index (χ3n) is 4.01. The molecule has 1 rings (SSSR count). The third kappa shape index (κ3) is 2.86. The molecule has 0 amide bonds. The van der Waals surface area contributed by atoms with Crippen LogP contribution >= 0.6 is 0 Å². The molecular formula is C12H26O3Si. The molecule has 4 heteroatoms. The van der Waals surface area contributed by atoms with Gasteiger partial charge in [-0.25, -0.2) is 0 Å². The van der Waals surface area contributed by atoms with Crippen molar-refractivity contribution in [2.24, 2.45) is 11.8 Å². The summed E-state index contributed by atoms with van der Waals surface area (Å²) >= 11 is 0. The van der Waals surface area contributed by atoms with E-state index in [0.29, 0.717) is 5.54 Å². The molecule has 0 saturated heterocycles. The van der Waals surface area contributed by atoms with E-state index in [9.17, 15) is 0 Å². The Balaban J connectivity index is 2.70. The average Bonchev–Trinajstić information content (AvgIpc) is 2.32. The van der Waals surface area contributed by atoms with Crippen molar-refractivity contribution in [1.82, 2.24) is 0 Å². The van der Waals surface area contributed by atoms with Gasteiger partial charge in [0.25, 0.3) is 0 Å². The van der Waals surface area contributed by atoms with Gasteiger partial charge in [0.15, 0.2) is 0 Å². The molecule has 1 fully saturated rings. The molecule has 1 aliphatic rings. The van der Waals surface area contributed by atoms with Gasteiger partial charge in [0.2, 0.25) is 0 Å². The van der Waals surface area contributed by atoms with Crippen LogP contribution in [-0.4, -0.2) is 30.1 Å². The van der Waals surface area contributed by atoms with Crippen LogP contribution in [0, 0.1) is 11.8 Å². The van der Waals surface area contributed by atoms with Gasteiger partial charge in [-0.2, -0.15) is 0 Å². The van der Waals surface area contributed by atoms with E-state index in [4.69, 9.17) is 13.3 Å². The molecule has 0 spiro atoms. The number of rotatable bonds is 5. The largest absolute Gasteiger partial charge is 0.503 e. The van der Waals surface area contributed by atoms with Crippen LogP contribution in [0.15, 0.2) is 0 Å². The second-order valence-electron chi connectivity index (χ2n) is 5.08. The van der Waals surface area contributed by atoms with E-state index in [2.05, 4.69) is 13.8 Å². The molecule has 2 atom stereocenters. The topological polar surface area (TPSA) is 27.7 Å². The first-order chi connectivity index (χ1) is 7.59. The summed E-state index contributed by atoms with van der Waals surface area (Å²) in [7, 11) is 2.76. The minimum Gasteiger partial charge on any atom is -0.377 e. The van der Waals surface area contributed by atoms with Gasteiger partial charge in [-0.1, -0.05) is 26.7 Å². The zero-order valence-electron chi connectivity index (χ0n) is 11.3. The van der Waals surface area contributed by atoms with Crippen LogP contribution in [0.5, 0.6) is 0 Å². The summed E-state index contributed by atoms with van der Waals surface area (Å²) in [5, 5.41) is 0. The minimum atomic E-state index is -2.40. The lowest BCUT2D eigenvalue weighted by atomic mass is 9.81. The Labute approximate surface area is 101 Å². The fourth-order valence-corrected chi connectivity index (χ4v) is 5.55. The number of hydrogen-bond donors (Lipinski definition) is 0. The van der Waals surface area contributed by atoms with Crippen molar-refractivity contribution < 1.29 is 13.3 Å². The van der Waals surface area contributed by atoms with Gasteiger partial charge >= 0.3 is 8.80 Å². The molecule has 96 valence electrons. The van der Waals surface area contributed by atoms with Crippen molar-refractivity contribution in [2.45, 2.75) is 45.1 Å². The first-order valence-corrected chi connectivity index (χ1v) is 8.05. The zero-order chi connectivity index (χ0) is 12.2. The maximum Gasteiger partial charge on any atom is 0.503 e. The van der Waals surface area contributed by atoms with E-state index >= 15 is 0 Å². The van der Waals surface area contributed by atoms with E-state index in [1.54, 1.807) is 21.3 Å². The highest BCUT2D eigenvalue weighted by molar-refractivity contribution is 6.62. The second-order valence-corrected chi connectivity index (χ2v) is 8.33. The Kier molecular flexibility index (Phi) is 5.44. The van der Waals surface area contributed by atoms with Crippen LogP contribution in [0.3, 0.4) is 0 Å². The van der Waals surface area contributed by atoms with Gasteiger partial charge in [0, 0.05) is 26.9 Å². The van der Waals surface area contributed by atoms with Crippen LogP contribution in [-0.2, 0) is 13.3 Å². The summed E-state index contributed by atoms with van der Waals surface area (Å²) in [6.07, 6.45) is 5.00. The number of hydrogen-bond acceptors (Lipinski definition) is 3.